The number of allylic oxidation sites excluding steroid dienone is 2. The van der Waals surface area contributed by atoms with Crippen molar-refractivity contribution in [3.05, 3.63) is 45.5 Å². The molecule has 5 rings (SSSR count). The zero-order valence-electron chi connectivity index (χ0n) is 12.0. The summed E-state index contributed by atoms with van der Waals surface area (Å²) in [6, 6.07) is 4.03. The van der Waals surface area contributed by atoms with E-state index in [-0.39, 0.29) is 51.9 Å². The summed E-state index contributed by atoms with van der Waals surface area (Å²) in [7, 11) is 0. The number of halogens is 1. The first-order valence-electron chi connectivity index (χ1n) is 7.49. The van der Waals surface area contributed by atoms with Crippen molar-refractivity contribution in [1.82, 2.24) is 0 Å². The maximum absolute atomic E-state index is 12.8. The summed E-state index contributed by atoms with van der Waals surface area (Å²) in [6.45, 7) is 0. The maximum atomic E-state index is 12.8. The number of rotatable bonds is 2. The molecule has 23 heavy (non-hydrogen) atoms. The molecule has 1 aromatic rings. The van der Waals surface area contributed by atoms with Crippen molar-refractivity contribution in [2.24, 2.45) is 23.7 Å². The molecule has 1 heterocycles. The molecule has 3 aliphatic carbocycles. The van der Waals surface area contributed by atoms with Gasteiger partial charge in [0.1, 0.15) is 5.02 Å². The van der Waals surface area contributed by atoms with Gasteiger partial charge in [-0.3, -0.25) is 19.7 Å². The number of hydrogen-bond donors (Lipinski definition) is 0. The minimum Gasteiger partial charge on any atom is -0.274 e. The van der Waals surface area contributed by atoms with E-state index in [0.29, 0.717) is 0 Å². The van der Waals surface area contributed by atoms with Gasteiger partial charge in [-0.15, -0.1) is 0 Å². The van der Waals surface area contributed by atoms with Crippen LogP contribution in [-0.4, -0.2) is 16.7 Å². The van der Waals surface area contributed by atoms with E-state index in [1.165, 1.54) is 18.2 Å². The highest BCUT2D eigenvalue weighted by Gasteiger charge is 2.56. The van der Waals surface area contributed by atoms with Gasteiger partial charge < -0.3 is 0 Å². The fraction of sp³-hybridized carbons (Fsp3) is 0.375. The number of benzene rings is 1. The van der Waals surface area contributed by atoms with Crippen molar-refractivity contribution in [2.45, 2.75) is 12.8 Å². The minimum atomic E-state index is -0.616. The predicted octanol–water partition coefficient (Wildman–Crippen LogP) is 2.95. The van der Waals surface area contributed by atoms with Gasteiger partial charge in [0, 0.05) is 6.07 Å². The van der Waals surface area contributed by atoms with E-state index in [0.717, 1.165) is 17.7 Å². The third-order valence-corrected chi connectivity index (χ3v) is 5.46. The standard InChI is InChI=1S/C16H13ClN2O4/c17-11-6-5-10(7-12(11)19(22)23)18-15(20)13-8-1-2-9(4-3-8)14(13)16(18)21/h1-2,5-9,13-14H,3-4H2/t8-,9+,13-,14+. The van der Waals surface area contributed by atoms with Gasteiger partial charge in [-0.2, -0.15) is 0 Å². The van der Waals surface area contributed by atoms with Crippen LogP contribution in [0.4, 0.5) is 11.4 Å². The highest BCUT2D eigenvalue weighted by Crippen LogP contribution is 2.50. The number of carbonyl (C=O) groups excluding carboxylic acids is 2. The molecule has 0 N–H and O–H groups in total. The Morgan fingerprint density at radius 3 is 2.13 bits per heavy atom. The van der Waals surface area contributed by atoms with Gasteiger partial charge in [-0.25, -0.2) is 4.90 Å². The first-order valence-corrected chi connectivity index (χ1v) is 7.87. The first kappa shape index (κ1) is 14.4. The minimum absolute atomic E-state index is 0.0167. The van der Waals surface area contributed by atoms with Crippen molar-refractivity contribution >= 4 is 34.8 Å². The Labute approximate surface area is 136 Å². The van der Waals surface area contributed by atoms with Gasteiger partial charge in [0.25, 0.3) is 5.69 Å². The molecule has 1 aliphatic heterocycles. The molecule has 1 saturated heterocycles. The van der Waals surface area contributed by atoms with E-state index in [2.05, 4.69) is 0 Å². The molecule has 1 saturated carbocycles. The molecule has 6 nitrogen and oxygen atoms in total. The van der Waals surface area contributed by atoms with Crippen LogP contribution < -0.4 is 4.90 Å². The van der Waals surface area contributed by atoms with Crippen LogP contribution in [0, 0.1) is 33.8 Å². The van der Waals surface area contributed by atoms with Gasteiger partial charge in [-0.1, -0.05) is 23.8 Å². The van der Waals surface area contributed by atoms with Crippen LogP contribution >= 0.6 is 11.6 Å². The Hall–Kier alpha value is -2.21. The first-order chi connectivity index (χ1) is 11.0. The average Bonchev–Trinajstić information content (AvgIpc) is 2.83. The van der Waals surface area contributed by atoms with Crippen LogP contribution in [0.1, 0.15) is 12.8 Å². The fourth-order valence-electron chi connectivity index (χ4n) is 4.11. The predicted molar refractivity (Wildman–Crippen MR) is 82.9 cm³/mol. The average molecular weight is 333 g/mol. The lowest BCUT2D eigenvalue weighted by molar-refractivity contribution is -0.384. The van der Waals surface area contributed by atoms with Gasteiger partial charge in [0.05, 0.1) is 22.4 Å². The monoisotopic (exact) mass is 332 g/mol. The summed E-state index contributed by atoms with van der Waals surface area (Å²) in [4.78, 5) is 37.1. The quantitative estimate of drug-likeness (QED) is 0.361. The number of anilines is 1. The number of imide groups is 1. The second-order valence-electron chi connectivity index (χ2n) is 6.25. The van der Waals surface area contributed by atoms with Gasteiger partial charge >= 0.3 is 0 Å². The van der Waals surface area contributed by atoms with Crippen LogP contribution in [0.5, 0.6) is 0 Å². The van der Waals surface area contributed by atoms with E-state index in [4.69, 9.17) is 11.6 Å². The molecule has 2 amide bonds. The Balaban J connectivity index is 1.76. The van der Waals surface area contributed by atoms with Crippen molar-refractivity contribution in [2.75, 3.05) is 4.90 Å². The van der Waals surface area contributed by atoms with Crippen molar-refractivity contribution in [3.63, 3.8) is 0 Å². The molecule has 2 fully saturated rings. The van der Waals surface area contributed by atoms with Crippen LogP contribution in [-0.2, 0) is 9.59 Å². The van der Waals surface area contributed by atoms with Crippen LogP contribution in [0.25, 0.3) is 0 Å². The third kappa shape index (κ3) is 1.94. The second kappa shape index (κ2) is 4.89. The summed E-state index contributed by atoms with van der Waals surface area (Å²) in [5.74, 6) is -0.990. The molecule has 0 unspecified atom stereocenters. The second-order valence-corrected chi connectivity index (χ2v) is 6.65. The molecule has 118 valence electrons. The number of nitro groups is 1. The molecule has 4 atom stereocenters. The zero-order chi connectivity index (χ0) is 16.3. The van der Waals surface area contributed by atoms with E-state index in [1.54, 1.807) is 0 Å². The van der Waals surface area contributed by atoms with Gasteiger partial charge in [-0.05, 0) is 36.8 Å². The molecular formula is C16H13ClN2O4. The maximum Gasteiger partial charge on any atom is 0.289 e. The highest BCUT2D eigenvalue weighted by molar-refractivity contribution is 6.33. The van der Waals surface area contributed by atoms with Gasteiger partial charge in [0.15, 0.2) is 0 Å². The lowest BCUT2D eigenvalue weighted by Gasteiger charge is -2.38. The molecule has 1 aromatic carbocycles. The largest absolute Gasteiger partial charge is 0.289 e. The number of amides is 2. The molecule has 0 spiro atoms. The normalized spacial score (nSPS) is 31.6. The number of fused-ring (bicyclic) bond motifs is 1. The topological polar surface area (TPSA) is 80.5 Å². The van der Waals surface area contributed by atoms with Crippen LogP contribution in [0.3, 0.4) is 0 Å². The highest BCUT2D eigenvalue weighted by atomic mass is 35.5. The van der Waals surface area contributed by atoms with E-state index >= 15 is 0 Å². The zero-order valence-corrected chi connectivity index (χ0v) is 12.8. The Morgan fingerprint density at radius 1 is 1.09 bits per heavy atom. The molecule has 2 bridgehead atoms. The van der Waals surface area contributed by atoms with E-state index < -0.39 is 4.92 Å². The SMILES string of the molecule is O=C1[C@@H]2[C@H](C(=O)N1c1ccc(Cl)c([N+](=O)[O-])c1)[C@@H]1C=C[C@H]2CC1. The lowest BCUT2D eigenvalue weighted by atomic mass is 9.63. The van der Waals surface area contributed by atoms with Crippen molar-refractivity contribution < 1.29 is 14.5 Å². The van der Waals surface area contributed by atoms with E-state index in [1.807, 2.05) is 12.2 Å². The van der Waals surface area contributed by atoms with E-state index in [9.17, 15) is 19.7 Å². The summed E-state index contributed by atoms with van der Waals surface area (Å²) < 4.78 is 0. The fourth-order valence-corrected chi connectivity index (χ4v) is 4.30. The summed E-state index contributed by atoms with van der Waals surface area (Å²) in [6.07, 6.45) is 5.90. The lowest BCUT2D eigenvalue weighted by Crippen LogP contribution is -2.38. The Kier molecular flexibility index (Phi) is 3.06. The summed E-state index contributed by atoms with van der Waals surface area (Å²) in [5, 5.41) is 11.0. The number of nitro benzene ring substituents is 1. The van der Waals surface area contributed by atoms with Gasteiger partial charge in [0.2, 0.25) is 11.8 Å². The van der Waals surface area contributed by atoms with Crippen molar-refractivity contribution in [3.8, 4) is 0 Å². The molecular weight excluding hydrogens is 320 g/mol. The number of nitrogens with zero attached hydrogens (tertiary/aromatic N) is 2. The molecule has 0 aromatic heterocycles. The number of carbonyl (C=O) groups is 2. The third-order valence-electron chi connectivity index (χ3n) is 5.14. The summed E-state index contributed by atoms with van der Waals surface area (Å²) >= 11 is 5.81. The van der Waals surface area contributed by atoms with Crippen LogP contribution in [0.2, 0.25) is 5.02 Å². The smallest absolute Gasteiger partial charge is 0.274 e. The molecule has 0 radical (unpaired) electrons. The Morgan fingerprint density at radius 2 is 1.65 bits per heavy atom. The summed E-state index contributed by atoms with van der Waals surface area (Å²) in [5.41, 5.74) is -0.0781. The van der Waals surface area contributed by atoms with Crippen LogP contribution in [0.15, 0.2) is 30.4 Å². The number of hydrogen-bond acceptors (Lipinski definition) is 4. The Bertz CT molecular complexity index is 743. The molecule has 4 aliphatic rings. The molecule has 7 heteroatoms. The van der Waals surface area contributed by atoms with Crippen molar-refractivity contribution in [1.29, 1.82) is 0 Å².